The predicted octanol–water partition coefficient (Wildman–Crippen LogP) is 3.64. The Morgan fingerprint density at radius 3 is 2.18 bits per heavy atom. The zero-order chi connectivity index (χ0) is 20.0. The summed E-state index contributed by atoms with van der Waals surface area (Å²) in [7, 11) is 10.6. The first-order chi connectivity index (χ1) is 12.9. The number of methoxy groups -OCH3 is 3. The van der Waals surface area contributed by atoms with E-state index in [1.54, 1.807) is 28.4 Å². The Hall–Kier alpha value is -1.62. The minimum atomic E-state index is 0. The second-order valence-electron chi connectivity index (χ2n) is 6.05. The number of nitrogens with zero attached hydrogens (tertiary/aromatic N) is 3. The van der Waals surface area contributed by atoms with Crippen molar-refractivity contribution >= 4 is 45.9 Å². The molecule has 0 fully saturated rings. The molecule has 9 heteroatoms. The van der Waals surface area contributed by atoms with E-state index in [9.17, 15) is 0 Å². The average molecular weight is 567 g/mol. The van der Waals surface area contributed by atoms with Crippen LogP contribution in [0.2, 0.25) is 0 Å². The standard InChI is InChI=1S/C19H27BrN4O3.HI/c1-21-19(24(3)12-15-9-14(20)11-23(15)2)22-10-13-7-16(25-4)18(27-6)17(8-13)26-5;/h7-9,11H,10,12H2,1-6H3,(H,21,22);1H. The van der Waals surface area contributed by atoms with Gasteiger partial charge in [-0.3, -0.25) is 4.99 Å². The first kappa shape index (κ1) is 24.4. The van der Waals surface area contributed by atoms with E-state index in [1.165, 1.54) is 5.69 Å². The van der Waals surface area contributed by atoms with Crippen LogP contribution in [0.15, 0.2) is 33.9 Å². The van der Waals surface area contributed by atoms with Gasteiger partial charge in [0.2, 0.25) is 5.75 Å². The molecule has 0 atom stereocenters. The monoisotopic (exact) mass is 566 g/mol. The third-order valence-electron chi connectivity index (χ3n) is 4.22. The summed E-state index contributed by atoms with van der Waals surface area (Å²) in [6.45, 7) is 1.31. The molecule has 0 aliphatic rings. The Balaban J connectivity index is 0.00000392. The predicted molar refractivity (Wildman–Crippen MR) is 126 cm³/mol. The van der Waals surface area contributed by atoms with E-state index in [-0.39, 0.29) is 24.0 Å². The molecule has 0 amide bonds. The lowest BCUT2D eigenvalue weighted by atomic mass is 10.2. The molecule has 0 saturated carbocycles. The molecule has 0 aliphatic heterocycles. The number of aryl methyl sites for hydroxylation is 1. The highest BCUT2D eigenvalue weighted by atomic mass is 127. The fourth-order valence-electron chi connectivity index (χ4n) is 2.84. The summed E-state index contributed by atoms with van der Waals surface area (Å²) >= 11 is 3.51. The Morgan fingerprint density at radius 2 is 1.75 bits per heavy atom. The number of nitrogens with one attached hydrogen (secondary N) is 1. The Bertz CT molecular complexity index is 785. The molecular weight excluding hydrogens is 539 g/mol. The lowest BCUT2D eigenvalue weighted by Gasteiger charge is -2.23. The molecule has 0 spiro atoms. The molecule has 0 saturated heterocycles. The largest absolute Gasteiger partial charge is 0.493 e. The second kappa shape index (κ2) is 11.4. The highest BCUT2D eigenvalue weighted by Gasteiger charge is 2.14. The van der Waals surface area contributed by atoms with Crippen LogP contribution in [0, 0.1) is 0 Å². The van der Waals surface area contributed by atoms with Gasteiger partial charge in [-0.1, -0.05) is 0 Å². The number of guanidine groups is 1. The van der Waals surface area contributed by atoms with Gasteiger partial charge in [0, 0.05) is 44.1 Å². The minimum absolute atomic E-state index is 0. The number of halogens is 2. The van der Waals surface area contributed by atoms with Crippen molar-refractivity contribution in [3.8, 4) is 17.2 Å². The fourth-order valence-corrected chi connectivity index (χ4v) is 3.42. The van der Waals surface area contributed by atoms with Gasteiger partial charge in [-0.05, 0) is 39.7 Å². The fraction of sp³-hybridized carbons (Fsp3) is 0.421. The molecule has 156 valence electrons. The molecule has 1 aromatic carbocycles. The molecule has 0 aliphatic carbocycles. The van der Waals surface area contributed by atoms with E-state index in [0.717, 1.165) is 22.5 Å². The van der Waals surface area contributed by atoms with Crippen LogP contribution in [-0.4, -0.2) is 50.9 Å². The smallest absolute Gasteiger partial charge is 0.203 e. The van der Waals surface area contributed by atoms with Crippen molar-refractivity contribution in [1.82, 2.24) is 14.8 Å². The van der Waals surface area contributed by atoms with Gasteiger partial charge in [0.25, 0.3) is 0 Å². The molecular formula is C19H28BrIN4O3. The summed E-state index contributed by atoms with van der Waals surface area (Å²) in [5.41, 5.74) is 2.18. The average Bonchev–Trinajstić information content (AvgIpc) is 2.97. The van der Waals surface area contributed by atoms with Gasteiger partial charge >= 0.3 is 0 Å². The van der Waals surface area contributed by atoms with E-state index in [1.807, 2.05) is 32.4 Å². The van der Waals surface area contributed by atoms with Gasteiger partial charge in [-0.15, -0.1) is 24.0 Å². The molecule has 0 radical (unpaired) electrons. The SMILES string of the molecule is CN=C(NCc1cc(OC)c(OC)c(OC)c1)N(C)Cc1cc(Br)cn1C.I. The van der Waals surface area contributed by atoms with E-state index in [2.05, 4.69) is 41.8 Å². The van der Waals surface area contributed by atoms with Gasteiger partial charge in [-0.2, -0.15) is 0 Å². The summed E-state index contributed by atoms with van der Waals surface area (Å²) in [6.07, 6.45) is 2.04. The summed E-state index contributed by atoms with van der Waals surface area (Å²) in [5.74, 6) is 2.64. The van der Waals surface area contributed by atoms with Gasteiger partial charge in [-0.25, -0.2) is 0 Å². The van der Waals surface area contributed by atoms with Crippen LogP contribution in [0.3, 0.4) is 0 Å². The maximum Gasteiger partial charge on any atom is 0.203 e. The first-order valence-corrected chi connectivity index (χ1v) is 9.24. The summed E-state index contributed by atoms with van der Waals surface area (Å²) in [5, 5.41) is 3.38. The maximum absolute atomic E-state index is 5.41. The number of aliphatic imine (C=N–C) groups is 1. The van der Waals surface area contributed by atoms with Crippen LogP contribution in [-0.2, 0) is 20.1 Å². The Kier molecular flexibility index (Phi) is 9.94. The summed E-state index contributed by atoms with van der Waals surface area (Å²) in [6, 6.07) is 5.95. The number of hydrogen-bond donors (Lipinski definition) is 1. The van der Waals surface area contributed by atoms with Crippen LogP contribution < -0.4 is 19.5 Å². The van der Waals surface area contributed by atoms with Gasteiger partial charge in [0.05, 0.1) is 27.9 Å². The zero-order valence-electron chi connectivity index (χ0n) is 17.1. The molecule has 1 N–H and O–H groups in total. The zero-order valence-corrected chi connectivity index (χ0v) is 21.0. The van der Waals surface area contributed by atoms with Gasteiger partial charge < -0.3 is 29.0 Å². The molecule has 1 aromatic heterocycles. The molecule has 2 rings (SSSR count). The minimum Gasteiger partial charge on any atom is -0.493 e. The highest BCUT2D eigenvalue weighted by molar-refractivity contribution is 14.0. The third-order valence-corrected chi connectivity index (χ3v) is 4.66. The summed E-state index contributed by atoms with van der Waals surface area (Å²) in [4.78, 5) is 6.45. The molecule has 0 bridgehead atoms. The van der Waals surface area contributed by atoms with Gasteiger partial charge in [0.15, 0.2) is 17.5 Å². The first-order valence-electron chi connectivity index (χ1n) is 8.44. The molecule has 7 nitrogen and oxygen atoms in total. The van der Waals surface area contributed by atoms with Crippen molar-refractivity contribution < 1.29 is 14.2 Å². The molecule has 1 heterocycles. The quantitative estimate of drug-likeness (QED) is 0.315. The Morgan fingerprint density at radius 1 is 1.14 bits per heavy atom. The van der Waals surface area contributed by atoms with Crippen molar-refractivity contribution in [2.45, 2.75) is 13.1 Å². The van der Waals surface area contributed by atoms with Crippen LogP contribution >= 0.6 is 39.9 Å². The Labute approximate surface area is 192 Å². The highest BCUT2D eigenvalue weighted by Crippen LogP contribution is 2.38. The van der Waals surface area contributed by atoms with Crippen LogP contribution in [0.25, 0.3) is 0 Å². The number of hydrogen-bond acceptors (Lipinski definition) is 4. The van der Waals surface area contributed by atoms with Crippen molar-refractivity contribution in [2.24, 2.45) is 12.0 Å². The number of ether oxygens (including phenoxy) is 3. The van der Waals surface area contributed by atoms with Crippen molar-refractivity contribution in [1.29, 1.82) is 0 Å². The van der Waals surface area contributed by atoms with Crippen LogP contribution in [0.4, 0.5) is 0 Å². The van der Waals surface area contributed by atoms with Crippen LogP contribution in [0.1, 0.15) is 11.3 Å². The third kappa shape index (κ3) is 5.94. The molecule has 2 aromatic rings. The number of aromatic nitrogens is 1. The van der Waals surface area contributed by atoms with Crippen LogP contribution in [0.5, 0.6) is 17.2 Å². The van der Waals surface area contributed by atoms with E-state index >= 15 is 0 Å². The van der Waals surface area contributed by atoms with Crippen molar-refractivity contribution in [2.75, 3.05) is 35.4 Å². The van der Waals surface area contributed by atoms with Crippen molar-refractivity contribution in [3.63, 3.8) is 0 Å². The van der Waals surface area contributed by atoms with E-state index < -0.39 is 0 Å². The summed E-state index contributed by atoms with van der Waals surface area (Å²) < 4.78 is 19.4. The lowest BCUT2D eigenvalue weighted by Crippen LogP contribution is -2.38. The van der Waals surface area contributed by atoms with Gasteiger partial charge in [0.1, 0.15) is 0 Å². The van der Waals surface area contributed by atoms with Crippen molar-refractivity contribution in [3.05, 3.63) is 40.1 Å². The second-order valence-corrected chi connectivity index (χ2v) is 6.97. The molecule has 0 unspecified atom stereocenters. The number of rotatable bonds is 7. The lowest BCUT2D eigenvalue weighted by molar-refractivity contribution is 0.323. The topological polar surface area (TPSA) is 60.3 Å². The van der Waals surface area contributed by atoms with E-state index in [0.29, 0.717) is 23.8 Å². The van der Waals surface area contributed by atoms with E-state index in [4.69, 9.17) is 14.2 Å². The molecule has 28 heavy (non-hydrogen) atoms. The normalized spacial score (nSPS) is 10.9. The number of benzene rings is 1. The maximum atomic E-state index is 5.41.